The monoisotopic (exact) mass is 186 g/mol. The largest absolute Gasteiger partial charge is 0.508 e. The number of carbonyl (C=O) groups is 2. The van der Waals surface area contributed by atoms with Gasteiger partial charge in [-0.15, -0.1) is 6.58 Å². The van der Waals surface area contributed by atoms with E-state index in [9.17, 15) is 9.59 Å². The van der Waals surface area contributed by atoms with Gasteiger partial charge in [-0.2, -0.15) is 0 Å². The van der Waals surface area contributed by atoms with Gasteiger partial charge in [0.05, 0.1) is 6.42 Å². The summed E-state index contributed by atoms with van der Waals surface area (Å²) in [6.45, 7) is 3.56. The number of hydrogen-bond donors (Lipinski definition) is 0. The summed E-state index contributed by atoms with van der Waals surface area (Å²) < 4.78 is 13.9. The SMILES string of the molecule is C=CCC(=O)OCC1COC(=O)O1. The number of ether oxygens (including phenoxy) is 3. The van der Waals surface area contributed by atoms with Crippen molar-refractivity contribution in [2.24, 2.45) is 0 Å². The van der Waals surface area contributed by atoms with Gasteiger partial charge in [-0.1, -0.05) is 6.08 Å². The molecule has 1 atom stereocenters. The molecule has 0 aromatic rings. The lowest BCUT2D eigenvalue weighted by Crippen LogP contribution is -2.20. The highest BCUT2D eigenvalue weighted by Crippen LogP contribution is 2.06. The van der Waals surface area contributed by atoms with Crippen molar-refractivity contribution in [1.29, 1.82) is 0 Å². The van der Waals surface area contributed by atoms with Crippen molar-refractivity contribution in [3.63, 3.8) is 0 Å². The van der Waals surface area contributed by atoms with E-state index < -0.39 is 18.2 Å². The van der Waals surface area contributed by atoms with Crippen LogP contribution in [-0.2, 0) is 19.0 Å². The van der Waals surface area contributed by atoms with Crippen LogP contribution in [0.4, 0.5) is 4.79 Å². The Balaban J connectivity index is 2.15. The average molecular weight is 186 g/mol. The van der Waals surface area contributed by atoms with Crippen molar-refractivity contribution in [2.75, 3.05) is 13.2 Å². The summed E-state index contributed by atoms with van der Waals surface area (Å²) in [6, 6.07) is 0. The van der Waals surface area contributed by atoms with Crippen LogP contribution in [0.25, 0.3) is 0 Å². The Hall–Kier alpha value is -1.52. The van der Waals surface area contributed by atoms with Crippen LogP contribution >= 0.6 is 0 Å². The zero-order valence-corrected chi connectivity index (χ0v) is 7.02. The Morgan fingerprint density at radius 3 is 3.08 bits per heavy atom. The number of esters is 1. The first-order valence-corrected chi connectivity index (χ1v) is 3.82. The third-order valence-corrected chi connectivity index (χ3v) is 1.39. The van der Waals surface area contributed by atoms with Crippen LogP contribution in [0.5, 0.6) is 0 Å². The molecule has 1 saturated heterocycles. The molecule has 1 rings (SSSR count). The standard InChI is InChI=1S/C8H10O5/c1-2-3-7(9)11-4-6-5-12-8(10)13-6/h2,6H,1,3-5H2. The van der Waals surface area contributed by atoms with E-state index in [1.165, 1.54) is 6.08 Å². The molecule has 0 N–H and O–H groups in total. The Labute approximate surface area is 75.3 Å². The summed E-state index contributed by atoms with van der Waals surface area (Å²) in [4.78, 5) is 21.2. The second-order valence-electron chi connectivity index (χ2n) is 2.48. The van der Waals surface area contributed by atoms with Gasteiger partial charge in [0.25, 0.3) is 0 Å². The fourth-order valence-corrected chi connectivity index (χ4v) is 0.810. The lowest BCUT2D eigenvalue weighted by Gasteiger charge is -2.06. The molecule has 0 spiro atoms. The molecule has 1 unspecified atom stereocenters. The summed E-state index contributed by atoms with van der Waals surface area (Å²) >= 11 is 0. The van der Waals surface area contributed by atoms with Gasteiger partial charge < -0.3 is 14.2 Å². The predicted octanol–water partition coefficient (Wildman–Crippen LogP) is 0.641. The summed E-state index contributed by atoms with van der Waals surface area (Å²) in [7, 11) is 0. The minimum atomic E-state index is -0.718. The molecule has 1 aliphatic rings. The number of hydrogen-bond acceptors (Lipinski definition) is 5. The van der Waals surface area contributed by atoms with Gasteiger partial charge in [0, 0.05) is 0 Å². The van der Waals surface area contributed by atoms with E-state index in [1.54, 1.807) is 0 Å². The third-order valence-electron chi connectivity index (χ3n) is 1.39. The minimum absolute atomic E-state index is 0.0401. The zero-order chi connectivity index (χ0) is 9.68. The Bertz CT molecular complexity index is 223. The molecule has 1 aliphatic heterocycles. The summed E-state index contributed by atoms with van der Waals surface area (Å²) in [5, 5.41) is 0. The van der Waals surface area contributed by atoms with Gasteiger partial charge in [-0.3, -0.25) is 4.79 Å². The van der Waals surface area contributed by atoms with E-state index in [-0.39, 0.29) is 19.6 Å². The number of rotatable bonds is 4. The van der Waals surface area contributed by atoms with Crippen LogP contribution in [0.15, 0.2) is 12.7 Å². The Kier molecular flexibility index (Phi) is 3.31. The maximum Gasteiger partial charge on any atom is 0.508 e. The molecule has 0 aromatic carbocycles. The van der Waals surface area contributed by atoms with E-state index in [2.05, 4.69) is 16.1 Å². The van der Waals surface area contributed by atoms with Crippen molar-refractivity contribution < 1.29 is 23.8 Å². The molecule has 0 saturated carbocycles. The molecule has 72 valence electrons. The number of carbonyl (C=O) groups excluding carboxylic acids is 2. The van der Waals surface area contributed by atoms with Crippen molar-refractivity contribution >= 4 is 12.1 Å². The smallest absolute Gasteiger partial charge is 0.461 e. The lowest BCUT2D eigenvalue weighted by atomic mass is 10.4. The molecule has 13 heavy (non-hydrogen) atoms. The fourth-order valence-electron chi connectivity index (χ4n) is 0.810. The highest BCUT2D eigenvalue weighted by molar-refractivity contribution is 5.71. The maximum absolute atomic E-state index is 10.8. The highest BCUT2D eigenvalue weighted by Gasteiger charge is 2.25. The Morgan fingerprint density at radius 1 is 1.77 bits per heavy atom. The van der Waals surface area contributed by atoms with Crippen molar-refractivity contribution in [3.8, 4) is 0 Å². The van der Waals surface area contributed by atoms with E-state index in [1.807, 2.05) is 0 Å². The lowest BCUT2D eigenvalue weighted by molar-refractivity contribution is -0.144. The van der Waals surface area contributed by atoms with Gasteiger partial charge in [-0.05, 0) is 0 Å². The quantitative estimate of drug-likeness (QED) is 0.476. The van der Waals surface area contributed by atoms with Crippen LogP contribution in [0, 0.1) is 0 Å². The molecule has 0 radical (unpaired) electrons. The molecule has 1 heterocycles. The van der Waals surface area contributed by atoms with Gasteiger partial charge in [-0.25, -0.2) is 4.79 Å². The molecule has 0 bridgehead atoms. The van der Waals surface area contributed by atoms with E-state index in [0.717, 1.165) is 0 Å². The molecule has 0 amide bonds. The highest BCUT2D eigenvalue weighted by atomic mass is 16.8. The van der Waals surface area contributed by atoms with Crippen molar-refractivity contribution in [3.05, 3.63) is 12.7 Å². The van der Waals surface area contributed by atoms with Crippen molar-refractivity contribution in [1.82, 2.24) is 0 Å². The molecule has 5 nitrogen and oxygen atoms in total. The third kappa shape index (κ3) is 3.14. The molecular weight excluding hydrogens is 176 g/mol. The molecule has 1 fully saturated rings. The minimum Gasteiger partial charge on any atom is -0.461 e. The van der Waals surface area contributed by atoms with Gasteiger partial charge >= 0.3 is 12.1 Å². The van der Waals surface area contributed by atoms with Gasteiger partial charge in [0.1, 0.15) is 13.2 Å². The van der Waals surface area contributed by atoms with Gasteiger partial charge in [0.15, 0.2) is 6.10 Å². The second-order valence-corrected chi connectivity index (χ2v) is 2.48. The molecule has 0 aliphatic carbocycles. The fraction of sp³-hybridized carbons (Fsp3) is 0.500. The van der Waals surface area contributed by atoms with E-state index in [4.69, 9.17) is 4.74 Å². The van der Waals surface area contributed by atoms with E-state index >= 15 is 0 Å². The van der Waals surface area contributed by atoms with E-state index in [0.29, 0.717) is 0 Å². The van der Waals surface area contributed by atoms with Crippen LogP contribution in [-0.4, -0.2) is 31.4 Å². The maximum atomic E-state index is 10.8. The molecular formula is C8H10O5. The average Bonchev–Trinajstić information content (AvgIpc) is 2.49. The summed E-state index contributed by atoms with van der Waals surface area (Å²) in [5.41, 5.74) is 0. The predicted molar refractivity (Wildman–Crippen MR) is 42.0 cm³/mol. The van der Waals surface area contributed by atoms with Crippen molar-refractivity contribution in [2.45, 2.75) is 12.5 Å². The van der Waals surface area contributed by atoms with Crippen LogP contribution < -0.4 is 0 Å². The Morgan fingerprint density at radius 2 is 2.54 bits per heavy atom. The molecule has 0 aromatic heterocycles. The first-order valence-electron chi connectivity index (χ1n) is 3.82. The van der Waals surface area contributed by atoms with Crippen LogP contribution in [0.2, 0.25) is 0 Å². The first-order chi connectivity index (χ1) is 6.22. The summed E-state index contributed by atoms with van der Waals surface area (Å²) in [6.07, 6.45) is 0.409. The second kappa shape index (κ2) is 4.49. The summed E-state index contributed by atoms with van der Waals surface area (Å²) in [5.74, 6) is -0.391. The normalized spacial score (nSPS) is 20.3. The van der Waals surface area contributed by atoms with Gasteiger partial charge in [0.2, 0.25) is 0 Å². The zero-order valence-electron chi connectivity index (χ0n) is 7.02. The number of cyclic esters (lactones) is 2. The van der Waals surface area contributed by atoms with Crippen LogP contribution in [0.1, 0.15) is 6.42 Å². The van der Waals surface area contributed by atoms with Crippen LogP contribution in [0.3, 0.4) is 0 Å². The first kappa shape index (κ1) is 9.57. The molecule has 5 heteroatoms. The topological polar surface area (TPSA) is 61.8 Å².